The van der Waals surface area contributed by atoms with Gasteiger partial charge in [0.1, 0.15) is 6.07 Å². The number of nitrogens with one attached hydrogen (secondary N) is 3. The van der Waals surface area contributed by atoms with Crippen LogP contribution in [0.5, 0.6) is 5.75 Å². The molecule has 3 aromatic heterocycles. The highest BCUT2D eigenvalue weighted by atomic mass is 35.5. The van der Waals surface area contributed by atoms with Gasteiger partial charge in [0.25, 0.3) is 5.91 Å². The van der Waals surface area contributed by atoms with Gasteiger partial charge in [0.05, 0.1) is 22.5 Å². The number of carbonyl (C=O) groups excluding carboxylic acids is 1. The second-order valence-corrected chi connectivity index (χ2v) is 8.77. The zero-order chi connectivity index (χ0) is 28.2. The van der Waals surface area contributed by atoms with Gasteiger partial charge in [-0.25, -0.2) is 14.4 Å². The van der Waals surface area contributed by atoms with E-state index in [0.29, 0.717) is 22.7 Å². The molecule has 0 aliphatic carbocycles. The Kier molecular flexibility index (Phi) is 7.39. The number of imidazole rings is 1. The largest absolute Gasteiger partial charge is 0.476 e. The van der Waals surface area contributed by atoms with E-state index in [-0.39, 0.29) is 39.7 Å². The third kappa shape index (κ3) is 5.31. The van der Waals surface area contributed by atoms with Gasteiger partial charge < -0.3 is 20.4 Å². The van der Waals surface area contributed by atoms with E-state index >= 15 is 0 Å². The Hall–Kier alpha value is -5.28. The predicted octanol–water partition coefficient (Wildman–Crippen LogP) is 4.59. The Labute approximate surface area is 229 Å². The molecule has 0 aliphatic heterocycles. The van der Waals surface area contributed by atoms with Gasteiger partial charge in [-0.1, -0.05) is 11.6 Å². The summed E-state index contributed by atoms with van der Waals surface area (Å²) in [5.74, 6) is -2.86. The summed E-state index contributed by atoms with van der Waals surface area (Å²) in [5, 5.41) is 14.6. The molecule has 0 aliphatic rings. The van der Waals surface area contributed by atoms with E-state index in [1.54, 1.807) is 24.4 Å². The van der Waals surface area contributed by atoms with Crippen LogP contribution in [0.2, 0.25) is 5.02 Å². The summed E-state index contributed by atoms with van der Waals surface area (Å²) in [6, 6.07) is 12.0. The summed E-state index contributed by atoms with van der Waals surface area (Å²) < 4.78 is 35.8. The minimum Gasteiger partial charge on any atom is -0.476 e. The van der Waals surface area contributed by atoms with Gasteiger partial charge in [-0.05, 0) is 42.0 Å². The number of ether oxygens (including phenoxy) is 1. The number of H-pyrrole nitrogens is 1. The molecule has 3 heterocycles. The van der Waals surface area contributed by atoms with Crippen LogP contribution in [-0.4, -0.2) is 31.9 Å². The van der Waals surface area contributed by atoms with Crippen LogP contribution in [-0.2, 0) is 6.54 Å². The standard InChI is InChI=1S/C27H18ClF2N7O3/c28-19-12-16(1-2-17(19)27(39)35-13-15-5-7-32-22(38)11-15)36-25-26-34-14-20(37(26)9-8-33-25)18-3-4-21(40-10-6-31)24(30)23(18)29/h1-5,7-9,11-12,14H,10,13H2,(H,32,38)(H,33,36)(H,35,39). The van der Waals surface area contributed by atoms with Gasteiger partial charge in [-0.15, -0.1) is 0 Å². The number of hydrogen-bond donors (Lipinski definition) is 3. The molecule has 0 atom stereocenters. The molecular weight excluding hydrogens is 544 g/mol. The molecular formula is C27H18ClF2N7O3. The first-order valence-electron chi connectivity index (χ1n) is 11.7. The highest BCUT2D eigenvalue weighted by Gasteiger charge is 2.20. The average molecular weight is 562 g/mol. The predicted molar refractivity (Wildman–Crippen MR) is 142 cm³/mol. The van der Waals surface area contributed by atoms with Gasteiger partial charge in [-0.2, -0.15) is 9.65 Å². The van der Waals surface area contributed by atoms with Crippen LogP contribution in [0.3, 0.4) is 0 Å². The number of aromatic nitrogens is 4. The Morgan fingerprint density at radius 1 is 1.15 bits per heavy atom. The van der Waals surface area contributed by atoms with Crippen molar-refractivity contribution < 1.29 is 18.3 Å². The number of carbonyl (C=O) groups is 1. The monoisotopic (exact) mass is 561 g/mol. The molecule has 13 heteroatoms. The highest BCUT2D eigenvalue weighted by molar-refractivity contribution is 6.34. The smallest absolute Gasteiger partial charge is 0.253 e. The molecule has 3 N–H and O–H groups in total. The zero-order valence-corrected chi connectivity index (χ0v) is 21.2. The fourth-order valence-electron chi connectivity index (χ4n) is 3.95. The third-order valence-electron chi connectivity index (χ3n) is 5.81. The fraction of sp³-hybridized carbons (Fsp3) is 0.0741. The minimum absolute atomic E-state index is 0.0648. The van der Waals surface area contributed by atoms with Crippen LogP contribution in [0.1, 0.15) is 15.9 Å². The molecule has 40 heavy (non-hydrogen) atoms. The SMILES string of the molecule is N#CCOc1ccc(-c2cnc3c(Nc4ccc(C(=O)NCc5cc[nH]c(=O)c5)c(Cl)c4)nccn23)c(F)c1F. The summed E-state index contributed by atoms with van der Waals surface area (Å²) >= 11 is 6.37. The average Bonchev–Trinajstić information content (AvgIpc) is 3.38. The lowest BCUT2D eigenvalue weighted by atomic mass is 10.1. The van der Waals surface area contributed by atoms with Crippen molar-refractivity contribution >= 4 is 34.7 Å². The summed E-state index contributed by atoms with van der Waals surface area (Å²) in [5.41, 5.74) is 1.60. The first-order valence-corrected chi connectivity index (χ1v) is 12.1. The van der Waals surface area contributed by atoms with Crippen LogP contribution < -0.4 is 20.9 Å². The number of pyridine rings is 1. The molecule has 5 rings (SSSR count). The van der Waals surface area contributed by atoms with Crippen molar-refractivity contribution in [3.05, 3.63) is 105 Å². The molecule has 1 amide bonds. The number of rotatable bonds is 8. The lowest BCUT2D eigenvalue weighted by molar-refractivity contribution is 0.0951. The maximum Gasteiger partial charge on any atom is 0.253 e. The number of nitriles is 1. The van der Waals surface area contributed by atoms with E-state index in [2.05, 4.69) is 25.6 Å². The van der Waals surface area contributed by atoms with Crippen molar-refractivity contribution in [1.82, 2.24) is 24.7 Å². The molecule has 5 aromatic rings. The van der Waals surface area contributed by atoms with Crippen molar-refractivity contribution in [2.75, 3.05) is 11.9 Å². The molecule has 0 spiro atoms. The molecule has 0 fully saturated rings. The van der Waals surface area contributed by atoms with E-state index in [1.807, 2.05) is 0 Å². The van der Waals surface area contributed by atoms with Gasteiger partial charge >= 0.3 is 0 Å². The van der Waals surface area contributed by atoms with Crippen LogP contribution in [0.25, 0.3) is 16.9 Å². The molecule has 0 bridgehead atoms. The topological polar surface area (TPSA) is 137 Å². The number of halogens is 3. The lowest BCUT2D eigenvalue weighted by Gasteiger charge is -2.11. The van der Waals surface area contributed by atoms with Crippen molar-refractivity contribution in [1.29, 1.82) is 5.26 Å². The number of aromatic amines is 1. The van der Waals surface area contributed by atoms with Crippen LogP contribution in [0.15, 0.2) is 72.0 Å². The summed E-state index contributed by atoms with van der Waals surface area (Å²) in [4.78, 5) is 35.2. The molecule has 0 unspecified atom stereocenters. The van der Waals surface area contributed by atoms with Crippen LogP contribution >= 0.6 is 11.6 Å². The lowest BCUT2D eigenvalue weighted by Crippen LogP contribution is -2.23. The van der Waals surface area contributed by atoms with Crippen molar-refractivity contribution in [2.45, 2.75) is 6.54 Å². The molecule has 0 radical (unpaired) electrons. The molecule has 2 aromatic carbocycles. The number of amides is 1. The quantitative estimate of drug-likeness (QED) is 0.252. The number of nitrogens with zero attached hydrogens (tertiary/aromatic N) is 4. The van der Waals surface area contributed by atoms with Gasteiger partial charge in [-0.3, -0.25) is 14.0 Å². The van der Waals surface area contributed by atoms with Crippen molar-refractivity contribution in [3.63, 3.8) is 0 Å². The summed E-state index contributed by atoms with van der Waals surface area (Å²) in [6.07, 6.45) is 5.86. The Morgan fingerprint density at radius 2 is 2.00 bits per heavy atom. The Morgan fingerprint density at radius 3 is 2.77 bits per heavy atom. The second-order valence-electron chi connectivity index (χ2n) is 8.36. The van der Waals surface area contributed by atoms with Crippen molar-refractivity contribution in [2.24, 2.45) is 0 Å². The fourth-order valence-corrected chi connectivity index (χ4v) is 4.21. The van der Waals surface area contributed by atoms with Gasteiger partial charge in [0.15, 0.2) is 29.6 Å². The first kappa shape index (κ1) is 26.3. The maximum absolute atomic E-state index is 14.9. The second kappa shape index (κ2) is 11.2. The normalized spacial score (nSPS) is 10.8. The van der Waals surface area contributed by atoms with Gasteiger partial charge in [0, 0.05) is 42.5 Å². The number of anilines is 2. The first-order chi connectivity index (χ1) is 19.4. The number of fused-ring (bicyclic) bond motifs is 1. The maximum atomic E-state index is 14.9. The van der Waals surface area contributed by atoms with Crippen molar-refractivity contribution in [3.8, 4) is 23.1 Å². The van der Waals surface area contributed by atoms with E-state index < -0.39 is 24.1 Å². The van der Waals surface area contributed by atoms with E-state index in [1.165, 1.54) is 53.3 Å². The Bertz CT molecular complexity index is 1850. The van der Waals surface area contributed by atoms with E-state index in [4.69, 9.17) is 21.6 Å². The molecule has 10 nitrogen and oxygen atoms in total. The molecule has 0 saturated carbocycles. The zero-order valence-electron chi connectivity index (χ0n) is 20.4. The molecule has 0 saturated heterocycles. The number of benzene rings is 2. The van der Waals surface area contributed by atoms with Crippen LogP contribution in [0.4, 0.5) is 20.3 Å². The van der Waals surface area contributed by atoms with Crippen LogP contribution in [0, 0.1) is 23.0 Å². The molecule has 200 valence electrons. The Balaban J connectivity index is 1.36. The summed E-state index contributed by atoms with van der Waals surface area (Å²) in [6.45, 7) is -0.273. The van der Waals surface area contributed by atoms with Gasteiger partial charge in [0.2, 0.25) is 11.4 Å². The number of hydrogen-bond acceptors (Lipinski definition) is 7. The van der Waals surface area contributed by atoms with E-state index in [0.717, 1.165) is 0 Å². The summed E-state index contributed by atoms with van der Waals surface area (Å²) in [7, 11) is 0. The van der Waals surface area contributed by atoms with E-state index in [9.17, 15) is 18.4 Å². The third-order valence-corrected chi connectivity index (χ3v) is 6.12. The minimum atomic E-state index is -1.22. The highest BCUT2D eigenvalue weighted by Crippen LogP contribution is 2.32.